The van der Waals surface area contributed by atoms with Gasteiger partial charge in [0.2, 0.25) is 0 Å². The quantitative estimate of drug-likeness (QED) is 0.379. The summed E-state index contributed by atoms with van der Waals surface area (Å²) < 4.78 is 23.8. The second-order valence-corrected chi connectivity index (χ2v) is 12.7. The number of hydrogen-bond acceptors (Lipinski definition) is 4. The predicted octanol–water partition coefficient (Wildman–Crippen LogP) is 6.54. The molecule has 0 radical (unpaired) electrons. The van der Waals surface area contributed by atoms with E-state index in [1.54, 1.807) is 0 Å². The summed E-state index contributed by atoms with van der Waals surface area (Å²) in [5.74, 6) is 1.29. The van der Waals surface area contributed by atoms with Crippen molar-refractivity contribution in [3.05, 3.63) is 64.2 Å². The van der Waals surface area contributed by atoms with Crippen LogP contribution in [0.25, 0.3) is 0 Å². The van der Waals surface area contributed by atoms with Crippen LogP contribution in [0.1, 0.15) is 88.1 Å². The molecule has 1 saturated heterocycles. The lowest BCUT2D eigenvalue weighted by Crippen LogP contribution is -2.27. The normalized spacial score (nSPS) is 17.5. The molecule has 2 aromatic rings. The van der Waals surface area contributed by atoms with Gasteiger partial charge in [-0.3, -0.25) is 9.00 Å². The molecule has 2 aromatic carbocycles. The van der Waals surface area contributed by atoms with E-state index in [0.29, 0.717) is 18.8 Å². The molecular weight excluding hydrogens is 444 g/mol. The molecule has 0 spiro atoms. The highest BCUT2D eigenvalue weighted by Gasteiger charge is 2.32. The Hall–Kier alpha value is -2.14. The summed E-state index contributed by atoms with van der Waals surface area (Å²) >= 11 is 0. The molecule has 34 heavy (non-hydrogen) atoms. The minimum Gasteiger partial charge on any atom is -0.489 e. The van der Waals surface area contributed by atoms with Crippen LogP contribution >= 0.6 is 0 Å². The highest BCUT2D eigenvalue weighted by atomic mass is 32.2. The van der Waals surface area contributed by atoms with Gasteiger partial charge in [-0.05, 0) is 87.8 Å². The van der Waals surface area contributed by atoms with Gasteiger partial charge in [0, 0.05) is 33.1 Å². The van der Waals surface area contributed by atoms with Crippen LogP contribution in [-0.4, -0.2) is 27.6 Å². The molecule has 0 aromatic heterocycles. The van der Waals surface area contributed by atoms with E-state index in [9.17, 15) is 9.00 Å². The van der Waals surface area contributed by atoms with E-state index in [4.69, 9.17) is 9.47 Å². The Morgan fingerprint density at radius 2 is 1.62 bits per heavy atom. The fourth-order valence-corrected chi connectivity index (χ4v) is 5.78. The van der Waals surface area contributed by atoms with E-state index in [1.165, 1.54) is 16.7 Å². The number of carbonyl (C=O) groups excluding carboxylic acids is 1. The summed E-state index contributed by atoms with van der Waals surface area (Å²) in [4.78, 5) is 11.3. The number of cyclic esters (lactones) is 1. The zero-order chi connectivity index (χ0) is 25.1. The molecule has 0 N–H and O–H groups in total. The number of carbonyl (C=O) groups is 1. The Morgan fingerprint density at radius 1 is 1.00 bits per heavy atom. The van der Waals surface area contributed by atoms with Gasteiger partial charge in [-0.25, -0.2) is 0 Å². The van der Waals surface area contributed by atoms with E-state index in [-0.39, 0.29) is 22.2 Å². The standard InChI is InChI=1S/C29H40O4S/c1-8-29(9-2,23-11-10-22(20(3)16-23)19-34(31)28(5,6)7)24-12-14-26(21(4)17-24)32-18-25-13-15-27(30)33-25/h10-12,14,16-17,25H,8-9,13,15,18-19H2,1-7H3/t25?,34-/m0/s1. The topological polar surface area (TPSA) is 52.6 Å². The van der Waals surface area contributed by atoms with Crippen LogP contribution in [0.3, 0.4) is 0 Å². The molecule has 0 saturated carbocycles. The fourth-order valence-electron chi connectivity index (χ4n) is 4.74. The second-order valence-electron chi connectivity index (χ2n) is 10.5. The van der Waals surface area contributed by atoms with Gasteiger partial charge in [0.05, 0.1) is 0 Å². The fraction of sp³-hybridized carbons (Fsp3) is 0.552. The Kier molecular flexibility index (Phi) is 8.28. The number of benzene rings is 2. The summed E-state index contributed by atoms with van der Waals surface area (Å²) in [5, 5.41) is 0. The first-order chi connectivity index (χ1) is 16.0. The molecule has 1 aliphatic heterocycles. The van der Waals surface area contributed by atoms with Crippen LogP contribution in [0, 0.1) is 13.8 Å². The van der Waals surface area contributed by atoms with Gasteiger partial charge >= 0.3 is 5.97 Å². The average Bonchev–Trinajstić information content (AvgIpc) is 3.20. The molecular formula is C29H40O4S. The number of rotatable bonds is 9. The maximum atomic E-state index is 12.7. The summed E-state index contributed by atoms with van der Waals surface area (Å²) in [5.41, 5.74) is 5.92. The van der Waals surface area contributed by atoms with E-state index in [2.05, 4.69) is 64.1 Å². The molecule has 0 amide bonds. The van der Waals surface area contributed by atoms with Crippen LogP contribution in [0.4, 0.5) is 0 Å². The van der Waals surface area contributed by atoms with Crippen LogP contribution < -0.4 is 4.74 Å². The van der Waals surface area contributed by atoms with E-state index < -0.39 is 10.8 Å². The molecule has 0 aliphatic carbocycles. The van der Waals surface area contributed by atoms with Gasteiger partial charge in [-0.15, -0.1) is 0 Å². The van der Waals surface area contributed by atoms with Crippen molar-refractivity contribution in [1.29, 1.82) is 0 Å². The highest BCUT2D eigenvalue weighted by molar-refractivity contribution is 7.85. The molecule has 3 rings (SSSR count). The lowest BCUT2D eigenvalue weighted by molar-refractivity contribution is -0.142. The highest BCUT2D eigenvalue weighted by Crippen LogP contribution is 2.41. The number of aryl methyl sites for hydroxylation is 2. The van der Waals surface area contributed by atoms with Crippen molar-refractivity contribution in [2.45, 2.75) is 96.2 Å². The molecule has 1 aliphatic rings. The van der Waals surface area contributed by atoms with Gasteiger partial charge in [-0.1, -0.05) is 44.2 Å². The van der Waals surface area contributed by atoms with Crippen molar-refractivity contribution in [2.24, 2.45) is 0 Å². The Bertz CT molecular complexity index is 1050. The SMILES string of the molecule is CCC(CC)(c1ccc(C[S@](=O)C(C)(C)C)c(C)c1)c1ccc(OCC2CCC(=O)O2)c(C)c1. The van der Waals surface area contributed by atoms with Gasteiger partial charge in [0.25, 0.3) is 0 Å². The van der Waals surface area contributed by atoms with Crippen molar-refractivity contribution in [1.82, 2.24) is 0 Å². The zero-order valence-electron chi connectivity index (χ0n) is 21.8. The summed E-state index contributed by atoms with van der Waals surface area (Å²) in [7, 11) is -0.918. The Labute approximate surface area is 207 Å². The van der Waals surface area contributed by atoms with Crippen LogP contribution in [0.5, 0.6) is 5.75 Å². The third kappa shape index (κ3) is 5.73. The molecule has 5 heteroatoms. The van der Waals surface area contributed by atoms with E-state index in [0.717, 1.165) is 36.1 Å². The van der Waals surface area contributed by atoms with E-state index >= 15 is 0 Å². The molecule has 4 nitrogen and oxygen atoms in total. The maximum Gasteiger partial charge on any atom is 0.306 e. The largest absolute Gasteiger partial charge is 0.489 e. The monoisotopic (exact) mass is 484 g/mol. The molecule has 186 valence electrons. The minimum absolute atomic E-state index is 0.100. The third-order valence-electron chi connectivity index (χ3n) is 7.19. The summed E-state index contributed by atoms with van der Waals surface area (Å²) in [6.07, 6.45) is 3.02. The van der Waals surface area contributed by atoms with E-state index in [1.807, 2.05) is 20.8 Å². The molecule has 1 unspecified atom stereocenters. The second kappa shape index (κ2) is 10.6. The van der Waals surface area contributed by atoms with Gasteiger partial charge in [0.1, 0.15) is 18.5 Å². The predicted molar refractivity (Wildman–Crippen MR) is 140 cm³/mol. The van der Waals surface area contributed by atoms with Crippen molar-refractivity contribution in [2.75, 3.05) is 6.61 Å². The summed E-state index contributed by atoms with van der Waals surface area (Å²) in [6, 6.07) is 13.1. The smallest absolute Gasteiger partial charge is 0.306 e. The zero-order valence-corrected chi connectivity index (χ0v) is 22.6. The number of esters is 1. The molecule has 2 atom stereocenters. The van der Waals surface area contributed by atoms with Gasteiger partial charge in [0.15, 0.2) is 0 Å². The van der Waals surface area contributed by atoms with Gasteiger partial charge < -0.3 is 9.47 Å². The Balaban J connectivity index is 1.85. The lowest BCUT2D eigenvalue weighted by atomic mass is 9.70. The molecule has 1 heterocycles. The third-order valence-corrected chi connectivity index (χ3v) is 9.13. The van der Waals surface area contributed by atoms with Crippen molar-refractivity contribution < 1.29 is 18.5 Å². The molecule has 0 bridgehead atoms. The van der Waals surface area contributed by atoms with Crippen LogP contribution in [-0.2, 0) is 31.5 Å². The first-order valence-corrected chi connectivity index (χ1v) is 13.7. The molecule has 1 fully saturated rings. The van der Waals surface area contributed by atoms with Crippen LogP contribution in [0.15, 0.2) is 36.4 Å². The minimum atomic E-state index is -0.918. The van der Waals surface area contributed by atoms with Crippen LogP contribution in [0.2, 0.25) is 0 Å². The van der Waals surface area contributed by atoms with Gasteiger partial charge in [-0.2, -0.15) is 0 Å². The van der Waals surface area contributed by atoms with Crippen molar-refractivity contribution in [3.8, 4) is 5.75 Å². The first-order valence-electron chi connectivity index (χ1n) is 12.4. The summed E-state index contributed by atoms with van der Waals surface area (Å²) in [6.45, 7) is 15.2. The lowest BCUT2D eigenvalue weighted by Gasteiger charge is -2.34. The van der Waals surface area contributed by atoms with Crippen molar-refractivity contribution >= 4 is 16.8 Å². The van der Waals surface area contributed by atoms with Crippen molar-refractivity contribution in [3.63, 3.8) is 0 Å². The number of hydrogen-bond donors (Lipinski definition) is 0. The maximum absolute atomic E-state index is 12.7. The Morgan fingerprint density at radius 3 is 2.12 bits per heavy atom. The average molecular weight is 485 g/mol. The first kappa shape index (κ1) is 26.5. The number of ether oxygens (including phenoxy) is 2.